The predicted molar refractivity (Wildman–Crippen MR) is 78.2 cm³/mol. The Labute approximate surface area is 115 Å². The van der Waals surface area contributed by atoms with E-state index in [0.29, 0.717) is 19.0 Å². The molecule has 1 fully saturated rings. The first-order valence-electron chi connectivity index (χ1n) is 7.14. The maximum atomic E-state index is 12.1. The Morgan fingerprint density at radius 1 is 1.32 bits per heavy atom. The molecule has 0 unspecified atom stereocenters. The lowest BCUT2D eigenvalue weighted by Crippen LogP contribution is -2.46. The SMILES string of the molecule is CC(C)c1ccc(C(=O)NCC2(CN)CCC2)cc1. The Morgan fingerprint density at radius 3 is 2.37 bits per heavy atom. The highest BCUT2D eigenvalue weighted by molar-refractivity contribution is 5.94. The number of amides is 1. The summed E-state index contributed by atoms with van der Waals surface area (Å²) in [4.78, 5) is 12.1. The highest BCUT2D eigenvalue weighted by Crippen LogP contribution is 2.39. The molecule has 0 spiro atoms. The van der Waals surface area contributed by atoms with E-state index in [1.54, 1.807) is 0 Å². The molecule has 0 atom stereocenters. The minimum Gasteiger partial charge on any atom is -0.351 e. The van der Waals surface area contributed by atoms with E-state index in [2.05, 4.69) is 19.2 Å². The van der Waals surface area contributed by atoms with Gasteiger partial charge in [-0.3, -0.25) is 4.79 Å². The van der Waals surface area contributed by atoms with E-state index in [0.717, 1.165) is 18.4 Å². The van der Waals surface area contributed by atoms with E-state index in [1.807, 2.05) is 24.3 Å². The summed E-state index contributed by atoms with van der Waals surface area (Å²) in [7, 11) is 0. The molecule has 1 saturated carbocycles. The van der Waals surface area contributed by atoms with Gasteiger partial charge in [0, 0.05) is 12.1 Å². The molecular weight excluding hydrogens is 236 g/mol. The second-order valence-electron chi connectivity index (χ2n) is 6.02. The van der Waals surface area contributed by atoms with Crippen LogP contribution in [0, 0.1) is 5.41 Å². The third-order valence-electron chi connectivity index (χ3n) is 4.31. The van der Waals surface area contributed by atoms with Crippen LogP contribution in [0.25, 0.3) is 0 Å². The van der Waals surface area contributed by atoms with Gasteiger partial charge in [0.1, 0.15) is 0 Å². The van der Waals surface area contributed by atoms with Gasteiger partial charge in [-0.2, -0.15) is 0 Å². The molecule has 0 radical (unpaired) electrons. The Kier molecular flexibility index (Phi) is 4.25. The lowest BCUT2D eigenvalue weighted by molar-refractivity contribution is 0.0876. The van der Waals surface area contributed by atoms with Crippen molar-refractivity contribution in [3.8, 4) is 0 Å². The highest BCUT2D eigenvalue weighted by Gasteiger charge is 2.35. The summed E-state index contributed by atoms with van der Waals surface area (Å²) in [5.41, 5.74) is 7.95. The van der Waals surface area contributed by atoms with Crippen molar-refractivity contribution in [2.75, 3.05) is 13.1 Å². The molecule has 0 bridgehead atoms. The van der Waals surface area contributed by atoms with Gasteiger partial charge in [0.15, 0.2) is 0 Å². The molecule has 19 heavy (non-hydrogen) atoms. The largest absolute Gasteiger partial charge is 0.351 e. The van der Waals surface area contributed by atoms with Crippen LogP contribution in [0.5, 0.6) is 0 Å². The maximum absolute atomic E-state index is 12.1. The van der Waals surface area contributed by atoms with Gasteiger partial charge >= 0.3 is 0 Å². The second kappa shape index (κ2) is 5.74. The van der Waals surface area contributed by atoms with Gasteiger partial charge in [-0.25, -0.2) is 0 Å². The molecule has 1 aromatic rings. The first-order valence-corrected chi connectivity index (χ1v) is 7.14. The van der Waals surface area contributed by atoms with Crippen molar-refractivity contribution in [1.29, 1.82) is 0 Å². The second-order valence-corrected chi connectivity index (χ2v) is 6.02. The molecule has 1 aliphatic carbocycles. The minimum absolute atomic E-state index is 0.00929. The third-order valence-corrected chi connectivity index (χ3v) is 4.31. The summed E-state index contributed by atoms with van der Waals surface area (Å²) in [6.45, 7) is 5.67. The smallest absolute Gasteiger partial charge is 0.251 e. The van der Waals surface area contributed by atoms with Crippen LogP contribution in [0.1, 0.15) is 54.9 Å². The van der Waals surface area contributed by atoms with Gasteiger partial charge in [-0.05, 0) is 48.4 Å². The zero-order valence-electron chi connectivity index (χ0n) is 11.9. The molecule has 0 aliphatic heterocycles. The fraction of sp³-hybridized carbons (Fsp3) is 0.562. The van der Waals surface area contributed by atoms with Crippen LogP contribution < -0.4 is 11.1 Å². The summed E-state index contributed by atoms with van der Waals surface area (Å²) in [6, 6.07) is 7.87. The van der Waals surface area contributed by atoms with Crippen molar-refractivity contribution in [1.82, 2.24) is 5.32 Å². The lowest BCUT2D eigenvalue weighted by Gasteiger charge is -2.41. The fourth-order valence-electron chi connectivity index (χ4n) is 2.52. The molecule has 3 nitrogen and oxygen atoms in total. The van der Waals surface area contributed by atoms with Gasteiger partial charge in [0.05, 0.1) is 0 Å². The van der Waals surface area contributed by atoms with Crippen LogP contribution in [-0.4, -0.2) is 19.0 Å². The molecule has 0 aromatic heterocycles. The summed E-state index contributed by atoms with van der Waals surface area (Å²) < 4.78 is 0. The van der Waals surface area contributed by atoms with Crippen molar-refractivity contribution in [2.45, 2.75) is 39.0 Å². The van der Waals surface area contributed by atoms with Gasteiger partial charge in [0.25, 0.3) is 5.91 Å². The van der Waals surface area contributed by atoms with Crippen LogP contribution in [-0.2, 0) is 0 Å². The molecule has 0 heterocycles. The molecule has 0 saturated heterocycles. The Bertz CT molecular complexity index is 427. The molecule has 3 N–H and O–H groups in total. The van der Waals surface area contributed by atoms with E-state index < -0.39 is 0 Å². The average Bonchev–Trinajstić information content (AvgIpc) is 2.38. The van der Waals surface area contributed by atoms with Gasteiger partial charge in [0.2, 0.25) is 0 Å². The summed E-state index contributed by atoms with van der Waals surface area (Å²) in [6.07, 6.45) is 3.50. The molecule has 2 rings (SSSR count). The number of carbonyl (C=O) groups excluding carboxylic acids is 1. The Balaban J connectivity index is 1.92. The van der Waals surface area contributed by atoms with Gasteiger partial charge < -0.3 is 11.1 Å². The summed E-state index contributed by atoms with van der Waals surface area (Å²) in [5, 5.41) is 3.02. The average molecular weight is 260 g/mol. The van der Waals surface area contributed by atoms with Gasteiger partial charge in [-0.1, -0.05) is 32.4 Å². The molecular formula is C16H24N2O. The Hall–Kier alpha value is -1.35. The number of nitrogens with one attached hydrogen (secondary N) is 1. The predicted octanol–water partition coefficient (Wildman–Crippen LogP) is 2.67. The van der Waals surface area contributed by atoms with Crippen LogP contribution in [0.4, 0.5) is 0 Å². The number of hydrogen-bond acceptors (Lipinski definition) is 2. The quantitative estimate of drug-likeness (QED) is 0.855. The number of carbonyl (C=O) groups is 1. The van der Waals surface area contributed by atoms with E-state index >= 15 is 0 Å². The number of rotatable bonds is 5. The zero-order valence-corrected chi connectivity index (χ0v) is 11.9. The molecule has 1 aromatic carbocycles. The number of hydrogen-bond donors (Lipinski definition) is 2. The normalized spacial score (nSPS) is 17.1. The zero-order chi connectivity index (χ0) is 13.9. The molecule has 3 heteroatoms. The van der Waals surface area contributed by atoms with Crippen molar-refractivity contribution in [3.63, 3.8) is 0 Å². The third kappa shape index (κ3) is 3.16. The van der Waals surface area contributed by atoms with Crippen molar-refractivity contribution in [2.24, 2.45) is 11.1 Å². The van der Waals surface area contributed by atoms with Crippen LogP contribution in [0.15, 0.2) is 24.3 Å². The Morgan fingerprint density at radius 2 is 1.95 bits per heavy atom. The lowest BCUT2D eigenvalue weighted by atomic mass is 9.69. The fourth-order valence-corrected chi connectivity index (χ4v) is 2.52. The van der Waals surface area contributed by atoms with E-state index in [-0.39, 0.29) is 11.3 Å². The number of nitrogens with two attached hydrogens (primary N) is 1. The topological polar surface area (TPSA) is 55.1 Å². The van der Waals surface area contributed by atoms with Gasteiger partial charge in [-0.15, -0.1) is 0 Å². The van der Waals surface area contributed by atoms with Crippen molar-refractivity contribution >= 4 is 5.91 Å². The first-order chi connectivity index (χ1) is 9.06. The maximum Gasteiger partial charge on any atom is 0.251 e. The van der Waals surface area contributed by atoms with Crippen LogP contribution >= 0.6 is 0 Å². The number of benzene rings is 1. The first kappa shape index (κ1) is 14.1. The van der Waals surface area contributed by atoms with E-state index in [4.69, 9.17) is 5.73 Å². The molecule has 1 amide bonds. The van der Waals surface area contributed by atoms with E-state index in [1.165, 1.54) is 12.0 Å². The minimum atomic E-state index is 0.00929. The molecule has 104 valence electrons. The van der Waals surface area contributed by atoms with E-state index in [9.17, 15) is 4.79 Å². The summed E-state index contributed by atoms with van der Waals surface area (Å²) in [5.74, 6) is 0.502. The highest BCUT2D eigenvalue weighted by atomic mass is 16.1. The van der Waals surface area contributed by atoms with Crippen molar-refractivity contribution < 1.29 is 4.79 Å². The van der Waals surface area contributed by atoms with Crippen LogP contribution in [0.3, 0.4) is 0 Å². The molecule has 1 aliphatic rings. The van der Waals surface area contributed by atoms with Crippen LogP contribution in [0.2, 0.25) is 0 Å². The summed E-state index contributed by atoms with van der Waals surface area (Å²) >= 11 is 0. The standard InChI is InChI=1S/C16H24N2O/c1-12(2)13-4-6-14(7-5-13)15(19)18-11-16(10-17)8-3-9-16/h4-7,12H,3,8-11,17H2,1-2H3,(H,18,19). The van der Waals surface area contributed by atoms with Crippen molar-refractivity contribution in [3.05, 3.63) is 35.4 Å². The monoisotopic (exact) mass is 260 g/mol.